The number of anilines is 1. The van der Waals surface area contributed by atoms with Crippen molar-refractivity contribution in [2.45, 2.75) is 12.8 Å². The van der Waals surface area contributed by atoms with E-state index < -0.39 is 27.9 Å². The lowest BCUT2D eigenvalue weighted by atomic mass is 10.1. The van der Waals surface area contributed by atoms with Gasteiger partial charge in [0.05, 0.1) is 21.2 Å². The number of carbonyl (C=O) groups excluding carboxylic acids is 2. The second-order valence-electron chi connectivity index (χ2n) is 7.10. The minimum absolute atomic E-state index is 0.0438. The number of ether oxygens (including phenoxy) is 1. The van der Waals surface area contributed by atoms with E-state index in [0.29, 0.717) is 39.1 Å². The highest BCUT2D eigenvalue weighted by Gasteiger charge is 2.39. The maximum atomic E-state index is 13.2. The van der Waals surface area contributed by atoms with Crippen LogP contribution in [0.5, 0.6) is 5.75 Å². The van der Waals surface area contributed by atoms with Gasteiger partial charge in [0.1, 0.15) is 12.4 Å². The maximum absolute atomic E-state index is 13.2. The van der Waals surface area contributed by atoms with Crippen LogP contribution in [0.1, 0.15) is 16.7 Å². The van der Waals surface area contributed by atoms with Gasteiger partial charge in [-0.3, -0.25) is 9.59 Å². The van der Waals surface area contributed by atoms with Crippen molar-refractivity contribution in [2.24, 2.45) is 0 Å². The van der Waals surface area contributed by atoms with E-state index in [-0.39, 0.29) is 17.2 Å². The molecule has 2 amide bonds. The van der Waals surface area contributed by atoms with Crippen molar-refractivity contribution in [1.29, 1.82) is 0 Å². The summed E-state index contributed by atoms with van der Waals surface area (Å²) in [4.78, 5) is 26.2. The van der Waals surface area contributed by atoms with Gasteiger partial charge in [0, 0.05) is 16.1 Å². The number of benzene rings is 3. The summed E-state index contributed by atoms with van der Waals surface area (Å²) in [5, 5.41) is -0.702. The molecule has 0 saturated carbocycles. The zero-order valence-electron chi connectivity index (χ0n) is 17.1. The molecule has 3 aromatic carbocycles. The number of para-hydroxylation sites is 1. The summed E-state index contributed by atoms with van der Waals surface area (Å²) >= 11 is 12.4. The Kier molecular flexibility index (Phi) is 6.93. The summed E-state index contributed by atoms with van der Waals surface area (Å²) in [6, 6.07) is 16.9. The third-order valence-corrected chi connectivity index (χ3v) is 6.42. The van der Waals surface area contributed by atoms with Gasteiger partial charge in [0.2, 0.25) is 0 Å². The topological polar surface area (TPSA) is 46.6 Å². The third kappa shape index (κ3) is 5.09. The second kappa shape index (κ2) is 9.74. The zero-order valence-corrected chi connectivity index (χ0v) is 19.4. The van der Waals surface area contributed by atoms with Gasteiger partial charge in [-0.15, -0.1) is 0 Å². The van der Waals surface area contributed by atoms with Crippen LogP contribution in [0.4, 0.5) is 23.7 Å². The number of imide groups is 1. The number of hydrogen-bond donors (Lipinski definition) is 0. The molecule has 0 aliphatic carbocycles. The molecular formula is C24H14Cl2F3NO3S. The van der Waals surface area contributed by atoms with E-state index in [4.69, 9.17) is 27.9 Å². The van der Waals surface area contributed by atoms with Gasteiger partial charge in [-0.25, -0.2) is 4.90 Å². The van der Waals surface area contributed by atoms with Crippen molar-refractivity contribution in [3.05, 3.63) is 98.4 Å². The Morgan fingerprint density at radius 2 is 1.65 bits per heavy atom. The van der Waals surface area contributed by atoms with Gasteiger partial charge >= 0.3 is 6.18 Å². The number of alkyl halides is 3. The Hall–Kier alpha value is -2.94. The predicted octanol–water partition coefficient (Wildman–Crippen LogP) is 7.83. The molecule has 1 heterocycles. The van der Waals surface area contributed by atoms with E-state index in [1.165, 1.54) is 12.1 Å². The number of amides is 2. The Balaban J connectivity index is 1.61. The van der Waals surface area contributed by atoms with Crippen LogP contribution in [0.3, 0.4) is 0 Å². The van der Waals surface area contributed by atoms with Crippen LogP contribution < -0.4 is 9.64 Å². The normalized spacial score (nSPS) is 15.3. The molecule has 0 bridgehead atoms. The van der Waals surface area contributed by atoms with Gasteiger partial charge in [-0.1, -0.05) is 59.6 Å². The minimum Gasteiger partial charge on any atom is -0.488 e. The number of hydrogen-bond acceptors (Lipinski definition) is 4. The minimum atomic E-state index is -4.73. The summed E-state index contributed by atoms with van der Waals surface area (Å²) in [7, 11) is 0. The van der Waals surface area contributed by atoms with Crippen LogP contribution in [0, 0.1) is 0 Å². The Morgan fingerprint density at radius 3 is 2.38 bits per heavy atom. The van der Waals surface area contributed by atoms with E-state index in [1.54, 1.807) is 36.4 Å². The first-order chi connectivity index (χ1) is 16.1. The molecule has 0 N–H and O–H groups in total. The lowest BCUT2D eigenvalue weighted by Crippen LogP contribution is -2.28. The van der Waals surface area contributed by atoms with Crippen LogP contribution in [0.2, 0.25) is 10.0 Å². The van der Waals surface area contributed by atoms with Crippen LogP contribution in [0.15, 0.2) is 71.6 Å². The van der Waals surface area contributed by atoms with Gasteiger partial charge in [-0.2, -0.15) is 13.2 Å². The number of carbonyl (C=O) groups is 2. The summed E-state index contributed by atoms with van der Waals surface area (Å²) in [5.41, 5.74) is -0.0615. The highest BCUT2D eigenvalue weighted by Crippen LogP contribution is 2.41. The van der Waals surface area contributed by atoms with Crippen molar-refractivity contribution in [3.8, 4) is 5.75 Å². The molecule has 174 valence electrons. The largest absolute Gasteiger partial charge is 0.488 e. The maximum Gasteiger partial charge on any atom is 0.417 e. The Bertz CT molecular complexity index is 1310. The monoisotopic (exact) mass is 523 g/mol. The van der Waals surface area contributed by atoms with Crippen molar-refractivity contribution in [1.82, 2.24) is 0 Å². The molecule has 0 radical (unpaired) electrons. The fourth-order valence-corrected chi connectivity index (χ4v) is 4.45. The third-order valence-electron chi connectivity index (χ3n) is 4.85. The van der Waals surface area contributed by atoms with Gasteiger partial charge in [0.15, 0.2) is 0 Å². The molecule has 1 aliphatic rings. The average molecular weight is 524 g/mol. The van der Waals surface area contributed by atoms with Crippen LogP contribution in [-0.2, 0) is 17.6 Å². The smallest absolute Gasteiger partial charge is 0.417 e. The van der Waals surface area contributed by atoms with Crippen molar-refractivity contribution in [3.63, 3.8) is 0 Å². The quantitative estimate of drug-likeness (QED) is 0.319. The van der Waals surface area contributed by atoms with Gasteiger partial charge < -0.3 is 4.74 Å². The number of thioether (sulfide) groups is 1. The predicted molar refractivity (Wildman–Crippen MR) is 127 cm³/mol. The van der Waals surface area contributed by atoms with Crippen LogP contribution in [-0.4, -0.2) is 11.1 Å². The highest BCUT2D eigenvalue weighted by molar-refractivity contribution is 8.19. The molecule has 1 saturated heterocycles. The fourth-order valence-electron chi connectivity index (χ4n) is 3.20. The van der Waals surface area contributed by atoms with Gasteiger partial charge in [-0.05, 0) is 48.2 Å². The number of rotatable bonds is 5. The van der Waals surface area contributed by atoms with Crippen molar-refractivity contribution in [2.75, 3.05) is 4.90 Å². The molecule has 10 heteroatoms. The number of nitrogens with zero attached hydrogens (tertiary/aromatic N) is 1. The Labute approximate surface area is 206 Å². The van der Waals surface area contributed by atoms with Gasteiger partial charge in [0.25, 0.3) is 11.1 Å². The number of halogens is 5. The second-order valence-corrected chi connectivity index (χ2v) is 8.90. The molecule has 1 fully saturated rings. The molecule has 0 atom stereocenters. The van der Waals surface area contributed by atoms with Crippen LogP contribution >= 0.6 is 35.0 Å². The van der Waals surface area contributed by atoms with E-state index in [2.05, 4.69) is 0 Å². The summed E-state index contributed by atoms with van der Waals surface area (Å²) < 4.78 is 45.5. The molecule has 3 aromatic rings. The van der Waals surface area contributed by atoms with E-state index in [1.807, 2.05) is 12.1 Å². The fraction of sp³-hybridized carbons (Fsp3) is 0.0833. The van der Waals surface area contributed by atoms with E-state index >= 15 is 0 Å². The summed E-state index contributed by atoms with van der Waals surface area (Å²) in [6.45, 7) is 0.178. The van der Waals surface area contributed by atoms with Crippen LogP contribution in [0.25, 0.3) is 6.08 Å². The Morgan fingerprint density at radius 1 is 0.941 bits per heavy atom. The molecule has 0 aromatic heterocycles. The lowest BCUT2D eigenvalue weighted by Gasteiger charge is -2.16. The molecule has 4 nitrogen and oxygen atoms in total. The first-order valence-electron chi connectivity index (χ1n) is 9.75. The standard InChI is InChI=1S/C24H14Cl2F3NO3S/c25-18-7-3-1-6-15(18)13-33-20-8-4-2-5-14(20)11-21-22(31)30(23(32)34-21)16-9-10-19(26)17(12-16)24(27,28)29/h1-12H,13H2/b21-11-. The first-order valence-corrected chi connectivity index (χ1v) is 11.3. The van der Waals surface area contributed by atoms with Crippen molar-refractivity contribution >= 4 is 57.9 Å². The van der Waals surface area contributed by atoms with E-state index in [9.17, 15) is 22.8 Å². The molecular weight excluding hydrogens is 510 g/mol. The first kappa shape index (κ1) is 24.2. The zero-order chi connectivity index (χ0) is 24.5. The lowest BCUT2D eigenvalue weighted by molar-refractivity contribution is -0.137. The molecule has 4 rings (SSSR count). The molecule has 1 aliphatic heterocycles. The highest BCUT2D eigenvalue weighted by atomic mass is 35.5. The average Bonchev–Trinajstić information content (AvgIpc) is 3.06. The molecule has 0 spiro atoms. The molecule has 0 unspecified atom stereocenters. The van der Waals surface area contributed by atoms with E-state index in [0.717, 1.165) is 11.6 Å². The van der Waals surface area contributed by atoms with Crippen molar-refractivity contribution < 1.29 is 27.5 Å². The SMILES string of the molecule is O=C1S/C(=C\c2ccccc2OCc2ccccc2Cl)C(=O)N1c1ccc(Cl)c(C(F)(F)F)c1. The molecule has 34 heavy (non-hydrogen) atoms. The summed E-state index contributed by atoms with van der Waals surface area (Å²) in [6.07, 6.45) is -3.27. The summed E-state index contributed by atoms with van der Waals surface area (Å²) in [5.74, 6) is -0.300.